The Kier molecular flexibility index (Phi) is 5.23. The van der Waals surface area contributed by atoms with Crippen molar-refractivity contribution < 1.29 is 9.21 Å². The summed E-state index contributed by atoms with van der Waals surface area (Å²) in [6.45, 7) is 0. The molecular formula is C20H11BrClNO2S2. The summed E-state index contributed by atoms with van der Waals surface area (Å²) in [7, 11) is 0. The number of carbonyl (C=O) groups excluding carboxylic acids is 1. The van der Waals surface area contributed by atoms with E-state index in [1.54, 1.807) is 6.08 Å². The Hall–Kier alpha value is -1.86. The molecule has 1 aliphatic rings. The predicted octanol–water partition coefficient (Wildman–Crippen LogP) is 6.77. The van der Waals surface area contributed by atoms with Crippen LogP contribution >= 0.6 is 51.5 Å². The third-order valence-electron chi connectivity index (χ3n) is 3.91. The second-order valence-corrected chi connectivity index (χ2v) is 8.62. The van der Waals surface area contributed by atoms with Gasteiger partial charge in [0, 0.05) is 16.1 Å². The first kappa shape index (κ1) is 18.5. The summed E-state index contributed by atoms with van der Waals surface area (Å²) in [5, 5.41) is 0.606. The fourth-order valence-electron chi connectivity index (χ4n) is 2.63. The first-order chi connectivity index (χ1) is 13.0. The van der Waals surface area contributed by atoms with Crippen LogP contribution in [0, 0.1) is 0 Å². The predicted molar refractivity (Wildman–Crippen MR) is 119 cm³/mol. The molecule has 0 bridgehead atoms. The number of hydrogen-bond acceptors (Lipinski definition) is 4. The fraction of sp³-hybridized carbons (Fsp3) is 0. The van der Waals surface area contributed by atoms with Crippen LogP contribution < -0.4 is 4.90 Å². The van der Waals surface area contributed by atoms with Crippen molar-refractivity contribution in [2.75, 3.05) is 4.90 Å². The molecule has 0 radical (unpaired) electrons. The molecule has 0 atom stereocenters. The molecule has 7 heteroatoms. The lowest BCUT2D eigenvalue weighted by molar-refractivity contribution is -0.113. The normalized spacial score (nSPS) is 15.8. The summed E-state index contributed by atoms with van der Waals surface area (Å²) in [6, 6.07) is 18.6. The zero-order valence-electron chi connectivity index (χ0n) is 13.7. The smallest absolute Gasteiger partial charge is 0.270 e. The number of rotatable bonds is 3. The van der Waals surface area contributed by atoms with Gasteiger partial charge in [0.15, 0.2) is 4.32 Å². The monoisotopic (exact) mass is 475 g/mol. The summed E-state index contributed by atoms with van der Waals surface area (Å²) < 4.78 is 7.20. The van der Waals surface area contributed by atoms with E-state index in [1.807, 2.05) is 60.7 Å². The van der Waals surface area contributed by atoms with Crippen molar-refractivity contribution in [3.63, 3.8) is 0 Å². The molecule has 1 amide bonds. The third-order valence-corrected chi connectivity index (χ3v) is 6.45. The summed E-state index contributed by atoms with van der Waals surface area (Å²) in [5.41, 5.74) is 1.62. The van der Waals surface area contributed by atoms with E-state index in [2.05, 4.69) is 15.9 Å². The lowest BCUT2D eigenvalue weighted by atomic mass is 10.2. The number of para-hydroxylation sites is 1. The number of nitrogens with zero attached hydrogens (tertiary/aromatic N) is 1. The van der Waals surface area contributed by atoms with Crippen molar-refractivity contribution in [1.82, 2.24) is 0 Å². The molecule has 1 aliphatic heterocycles. The molecule has 0 spiro atoms. The van der Waals surface area contributed by atoms with Gasteiger partial charge >= 0.3 is 0 Å². The van der Waals surface area contributed by atoms with E-state index in [-0.39, 0.29) is 5.91 Å². The average molecular weight is 477 g/mol. The number of thioether (sulfide) groups is 1. The number of amides is 1. The number of carbonyl (C=O) groups is 1. The Bertz CT molecular complexity index is 1080. The maximum atomic E-state index is 12.8. The van der Waals surface area contributed by atoms with Crippen LogP contribution in [0.4, 0.5) is 5.69 Å². The molecule has 3 nitrogen and oxygen atoms in total. The van der Waals surface area contributed by atoms with E-state index in [0.29, 0.717) is 25.8 Å². The van der Waals surface area contributed by atoms with Gasteiger partial charge in [0.2, 0.25) is 0 Å². The van der Waals surface area contributed by atoms with Gasteiger partial charge in [-0.05, 0) is 52.3 Å². The minimum atomic E-state index is -0.152. The molecule has 0 N–H and O–H groups in total. The molecule has 2 heterocycles. The molecular weight excluding hydrogens is 466 g/mol. The first-order valence-corrected chi connectivity index (χ1v) is 10.3. The van der Waals surface area contributed by atoms with Gasteiger partial charge in [-0.3, -0.25) is 9.69 Å². The highest BCUT2D eigenvalue weighted by atomic mass is 79.9. The van der Waals surface area contributed by atoms with E-state index < -0.39 is 0 Å². The van der Waals surface area contributed by atoms with Crippen molar-refractivity contribution in [1.29, 1.82) is 0 Å². The molecule has 1 aromatic heterocycles. The molecule has 3 aromatic rings. The number of benzene rings is 2. The van der Waals surface area contributed by atoms with Gasteiger partial charge in [-0.1, -0.05) is 59.8 Å². The number of thiocarbonyl (C=S) groups is 1. The van der Waals surface area contributed by atoms with Crippen LogP contribution in [-0.2, 0) is 4.79 Å². The van der Waals surface area contributed by atoms with Crippen LogP contribution in [0.25, 0.3) is 17.4 Å². The Morgan fingerprint density at radius 1 is 1.11 bits per heavy atom. The second kappa shape index (κ2) is 7.64. The van der Waals surface area contributed by atoms with Crippen molar-refractivity contribution >= 4 is 73.5 Å². The first-order valence-electron chi connectivity index (χ1n) is 7.91. The molecule has 134 valence electrons. The van der Waals surface area contributed by atoms with E-state index in [1.165, 1.54) is 16.7 Å². The van der Waals surface area contributed by atoms with Crippen molar-refractivity contribution in [3.05, 3.63) is 80.8 Å². The van der Waals surface area contributed by atoms with Crippen LogP contribution in [0.2, 0.25) is 5.02 Å². The highest BCUT2D eigenvalue weighted by molar-refractivity contribution is 9.10. The van der Waals surface area contributed by atoms with Gasteiger partial charge < -0.3 is 4.42 Å². The van der Waals surface area contributed by atoms with Crippen LogP contribution in [0.3, 0.4) is 0 Å². The van der Waals surface area contributed by atoms with Crippen molar-refractivity contribution in [2.24, 2.45) is 0 Å². The summed E-state index contributed by atoms with van der Waals surface area (Å²) >= 11 is 16.2. The Labute approximate surface area is 179 Å². The minimum absolute atomic E-state index is 0.152. The lowest BCUT2D eigenvalue weighted by Crippen LogP contribution is -2.27. The van der Waals surface area contributed by atoms with Crippen LogP contribution in [-0.4, -0.2) is 10.2 Å². The molecule has 2 aromatic carbocycles. The number of furan rings is 1. The summed E-state index contributed by atoms with van der Waals surface area (Å²) in [6.07, 6.45) is 1.71. The lowest BCUT2D eigenvalue weighted by Gasteiger charge is -2.13. The quantitative estimate of drug-likeness (QED) is 0.308. The number of halogens is 2. The highest BCUT2D eigenvalue weighted by Crippen LogP contribution is 2.37. The molecule has 1 saturated heterocycles. The second-order valence-electron chi connectivity index (χ2n) is 5.68. The molecule has 4 rings (SSSR count). The van der Waals surface area contributed by atoms with Crippen LogP contribution in [0.15, 0.2) is 74.5 Å². The van der Waals surface area contributed by atoms with Gasteiger partial charge in [0.1, 0.15) is 11.5 Å². The molecule has 27 heavy (non-hydrogen) atoms. The van der Waals surface area contributed by atoms with Crippen molar-refractivity contribution in [2.45, 2.75) is 0 Å². The Balaban J connectivity index is 1.61. The standard InChI is InChI=1S/C20H11BrClNO2S2/c21-15-8-6-12(10-16(15)22)17-9-7-14(25-17)11-18-19(24)23(20(26)27-18)13-4-2-1-3-5-13/h1-11H/b18-11+. The summed E-state index contributed by atoms with van der Waals surface area (Å²) in [5.74, 6) is 1.10. The Morgan fingerprint density at radius 2 is 1.89 bits per heavy atom. The summed E-state index contributed by atoms with van der Waals surface area (Å²) in [4.78, 5) is 14.8. The van der Waals surface area contributed by atoms with E-state index in [0.717, 1.165) is 15.7 Å². The fourth-order valence-corrected chi connectivity index (χ4v) is 4.34. The highest BCUT2D eigenvalue weighted by Gasteiger charge is 2.33. The minimum Gasteiger partial charge on any atom is -0.457 e. The van der Waals surface area contributed by atoms with Crippen LogP contribution in [0.5, 0.6) is 0 Å². The number of anilines is 1. The zero-order valence-corrected chi connectivity index (χ0v) is 17.7. The van der Waals surface area contributed by atoms with E-state index >= 15 is 0 Å². The van der Waals surface area contributed by atoms with Gasteiger partial charge in [0.25, 0.3) is 5.91 Å². The van der Waals surface area contributed by atoms with E-state index in [9.17, 15) is 4.79 Å². The molecule has 0 aliphatic carbocycles. The number of hydrogen-bond donors (Lipinski definition) is 0. The van der Waals surface area contributed by atoms with Gasteiger partial charge in [-0.15, -0.1) is 0 Å². The van der Waals surface area contributed by atoms with Gasteiger partial charge in [-0.25, -0.2) is 0 Å². The molecule has 0 unspecified atom stereocenters. The zero-order chi connectivity index (χ0) is 19.0. The largest absolute Gasteiger partial charge is 0.457 e. The van der Waals surface area contributed by atoms with Crippen LogP contribution in [0.1, 0.15) is 5.76 Å². The topological polar surface area (TPSA) is 33.5 Å². The molecule has 0 saturated carbocycles. The maximum Gasteiger partial charge on any atom is 0.270 e. The van der Waals surface area contributed by atoms with Crippen molar-refractivity contribution in [3.8, 4) is 11.3 Å². The maximum absolute atomic E-state index is 12.8. The van der Waals surface area contributed by atoms with Gasteiger partial charge in [0.05, 0.1) is 15.6 Å². The SMILES string of the molecule is O=C1/C(=C\c2ccc(-c3ccc(Br)c(Cl)c3)o2)SC(=S)N1c1ccccc1. The average Bonchev–Trinajstić information content (AvgIpc) is 3.23. The van der Waals surface area contributed by atoms with Gasteiger partial charge in [-0.2, -0.15) is 0 Å². The Morgan fingerprint density at radius 3 is 2.63 bits per heavy atom. The van der Waals surface area contributed by atoms with E-state index in [4.69, 9.17) is 28.2 Å². The molecule has 1 fully saturated rings. The third kappa shape index (κ3) is 3.75.